The molecule has 0 aliphatic heterocycles. The minimum atomic E-state index is 0.721. The van der Waals surface area contributed by atoms with E-state index in [2.05, 4.69) is 51.6 Å². The fourth-order valence-corrected chi connectivity index (χ4v) is 3.03. The van der Waals surface area contributed by atoms with Crippen molar-refractivity contribution in [3.05, 3.63) is 45.8 Å². The summed E-state index contributed by atoms with van der Waals surface area (Å²) in [7, 11) is 0. The zero-order valence-corrected chi connectivity index (χ0v) is 13.6. The van der Waals surface area contributed by atoms with E-state index in [-0.39, 0.29) is 0 Å². The van der Waals surface area contributed by atoms with Crippen molar-refractivity contribution in [3.63, 3.8) is 0 Å². The quantitative estimate of drug-likeness (QED) is 0.326. The Labute approximate surface area is 131 Å². The Hall–Kier alpha value is -0.820. The van der Waals surface area contributed by atoms with E-state index < -0.39 is 0 Å². The molecule has 0 aliphatic rings. The third-order valence-corrected chi connectivity index (χ3v) is 4.21. The molecule has 3 nitrogen and oxygen atoms in total. The maximum absolute atomic E-state index is 5.77. The molecule has 0 saturated carbocycles. The molecule has 0 radical (unpaired) electrons. The van der Waals surface area contributed by atoms with Crippen molar-refractivity contribution in [1.29, 1.82) is 0 Å². The smallest absolute Gasteiger partial charge is 0.187 e. The molecule has 0 spiro atoms. The van der Waals surface area contributed by atoms with Crippen LogP contribution in [0.3, 0.4) is 0 Å². The van der Waals surface area contributed by atoms with Gasteiger partial charge in [-0.1, -0.05) is 17.8 Å². The van der Waals surface area contributed by atoms with E-state index in [0.29, 0.717) is 0 Å². The largest absolute Gasteiger partial charge is 0.492 e. The number of nitrogens with zero attached hydrogens (tertiary/aromatic N) is 2. The van der Waals surface area contributed by atoms with Gasteiger partial charge in [-0.3, -0.25) is 0 Å². The number of aryl methyl sites for hydroxylation is 1. The number of rotatable bonds is 6. The first-order valence-electron chi connectivity index (χ1n) is 6.04. The van der Waals surface area contributed by atoms with E-state index in [1.807, 2.05) is 12.1 Å². The van der Waals surface area contributed by atoms with Crippen LogP contribution in [0.4, 0.5) is 0 Å². The van der Waals surface area contributed by atoms with E-state index in [4.69, 9.17) is 4.74 Å². The molecule has 2 rings (SSSR count). The van der Waals surface area contributed by atoms with Crippen LogP contribution < -0.4 is 4.74 Å². The van der Waals surface area contributed by atoms with Gasteiger partial charge in [-0.05, 0) is 59.7 Å². The lowest BCUT2D eigenvalue weighted by Crippen LogP contribution is -2.00. The fourth-order valence-electron chi connectivity index (χ4n) is 1.49. The first kappa shape index (κ1) is 14.6. The van der Waals surface area contributed by atoms with Crippen LogP contribution in [-0.4, -0.2) is 22.3 Å². The van der Waals surface area contributed by atoms with E-state index >= 15 is 0 Å². The highest BCUT2D eigenvalue weighted by atomic mass is 127. The Balaban J connectivity index is 1.69. The summed E-state index contributed by atoms with van der Waals surface area (Å²) < 4.78 is 6.93. The summed E-state index contributed by atoms with van der Waals surface area (Å²) >= 11 is 3.96. The van der Waals surface area contributed by atoms with Crippen LogP contribution in [-0.2, 0) is 0 Å². The van der Waals surface area contributed by atoms with Crippen molar-refractivity contribution in [2.75, 3.05) is 12.4 Å². The second kappa shape index (κ2) is 7.69. The average molecular weight is 386 g/mol. The number of hydrogen-bond donors (Lipinski definition) is 0. The molecule has 100 valence electrons. The molecule has 1 aromatic carbocycles. The predicted octanol–water partition coefficient (Wildman–Crippen LogP) is 3.95. The first-order valence-corrected chi connectivity index (χ1v) is 8.11. The van der Waals surface area contributed by atoms with E-state index in [1.54, 1.807) is 24.2 Å². The third-order valence-electron chi connectivity index (χ3n) is 2.41. The molecule has 5 heteroatoms. The van der Waals surface area contributed by atoms with Crippen LogP contribution in [0.2, 0.25) is 0 Å². The highest BCUT2D eigenvalue weighted by Gasteiger charge is 2.01. The summed E-state index contributed by atoms with van der Waals surface area (Å²) in [5.41, 5.74) is 1.26. The maximum atomic E-state index is 5.77. The van der Waals surface area contributed by atoms with Gasteiger partial charge < -0.3 is 4.74 Å². The molecule has 0 fully saturated rings. The van der Waals surface area contributed by atoms with Crippen LogP contribution in [0.5, 0.6) is 5.75 Å². The van der Waals surface area contributed by atoms with Crippen LogP contribution in [0.1, 0.15) is 12.0 Å². The Morgan fingerprint density at radius 3 is 2.79 bits per heavy atom. The van der Waals surface area contributed by atoms with E-state index in [9.17, 15) is 0 Å². The standard InChI is InChI=1S/C14H15IN2OS/c1-11-4-5-13(12(15)10-11)18-8-3-9-19-14-16-6-2-7-17-14/h2,4-7,10H,3,8-9H2,1H3. The molecular weight excluding hydrogens is 371 g/mol. The Morgan fingerprint density at radius 2 is 2.05 bits per heavy atom. The van der Waals surface area contributed by atoms with Gasteiger partial charge in [-0.2, -0.15) is 0 Å². The molecule has 1 aromatic heterocycles. The second-order valence-electron chi connectivity index (χ2n) is 4.02. The minimum Gasteiger partial charge on any atom is -0.492 e. The molecular formula is C14H15IN2OS. The zero-order valence-electron chi connectivity index (χ0n) is 10.7. The summed E-state index contributed by atoms with van der Waals surface area (Å²) in [6.45, 7) is 2.81. The summed E-state index contributed by atoms with van der Waals surface area (Å²) in [6.07, 6.45) is 4.51. The monoisotopic (exact) mass is 386 g/mol. The van der Waals surface area contributed by atoms with Gasteiger partial charge in [0.05, 0.1) is 10.2 Å². The van der Waals surface area contributed by atoms with Crippen molar-refractivity contribution in [2.45, 2.75) is 18.5 Å². The molecule has 19 heavy (non-hydrogen) atoms. The molecule has 0 N–H and O–H groups in total. The Kier molecular flexibility index (Phi) is 5.91. The van der Waals surface area contributed by atoms with E-state index in [1.165, 1.54) is 5.56 Å². The molecule has 1 heterocycles. The lowest BCUT2D eigenvalue weighted by Gasteiger charge is -2.08. The zero-order chi connectivity index (χ0) is 13.5. The molecule has 0 saturated heterocycles. The summed E-state index contributed by atoms with van der Waals surface area (Å²) in [5.74, 6) is 1.93. The third kappa shape index (κ3) is 4.99. The van der Waals surface area contributed by atoms with Crippen molar-refractivity contribution in [2.24, 2.45) is 0 Å². The maximum Gasteiger partial charge on any atom is 0.187 e. The molecule has 0 unspecified atom stereocenters. The first-order chi connectivity index (χ1) is 9.25. The lowest BCUT2D eigenvalue weighted by molar-refractivity contribution is 0.316. The number of ether oxygens (including phenoxy) is 1. The van der Waals surface area contributed by atoms with Gasteiger partial charge in [0, 0.05) is 18.1 Å². The summed E-state index contributed by atoms with van der Waals surface area (Å²) in [6, 6.07) is 8.06. The average Bonchev–Trinajstić information content (AvgIpc) is 2.42. The number of hydrogen-bond acceptors (Lipinski definition) is 4. The SMILES string of the molecule is Cc1ccc(OCCCSc2ncccn2)c(I)c1. The normalized spacial score (nSPS) is 10.4. The van der Waals surface area contributed by atoms with Gasteiger partial charge in [0.1, 0.15) is 5.75 Å². The van der Waals surface area contributed by atoms with Gasteiger partial charge in [-0.25, -0.2) is 9.97 Å². The van der Waals surface area contributed by atoms with Crippen LogP contribution in [0, 0.1) is 10.5 Å². The molecule has 0 atom stereocenters. The number of halogens is 1. The summed E-state index contributed by atoms with van der Waals surface area (Å²) in [4.78, 5) is 8.34. The number of thioether (sulfide) groups is 1. The lowest BCUT2D eigenvalue weighted by atomic mass is 10.2. The molecule has 0 amide bonds. The van der Waals surface area contributed by atoms with E-state index in [0.717, 1.165) is 33.3 Å². The van der Waals surface area contributed by atoms with Gasteiger partial charge in [-0.15, -0.1) is 0 Å². The van der Waals surface area contributed by atoms with Gasteiger partial charge in [0.2, 0.25) is 0 Å². The minimum absolute atomic E-state index is 0.721. The van der Waals surface area contributed by atoms with Crippen LogP contribution in [0.25, 0.3) is 0 Å². The molecule has 0 aliphatic carbocycles. The topological polar surface area (TPSA) is 35.0 Å². The summed E-state index contributed by atoms with van der Waals surface area (Å²) in [5, 5.41) is 0.826. The molecule has 2 aromatic rings. The predicted molar refractivity (Wildman–Crippen MR) is 86.8 cm³/mol. The Bertz CT molecular complexity index is 522. The second-order valence-corrected chi connectivity index (χ2v) is 6.24. The van der Waals surface area contributed by atoms with Crippen molar-refractivity contribution in [1.82, 2.24) is 9.97 Å². The van der Waals surface area contributed by atoms with Crippen molar-refractivity contribution in [3.8, 4) is 5.75 Å². The van der Waals surface area contributed by atoms with Crippen molar-refractivity contribution >= 4 is 34.4 Å². The highest BCUT2D eigenvalue weighted by Crippen LogP contribution is 2.22. The van der Waals surface area contributed by atoms with Crippen molar-refractivity contribution < 1.29 is 4.74 Å². The van der Waals surface area contributed by atoms with Gasteiger partial charge in [0.15, 0.2) is 5.16 Å². The number of benzene rings is 1. The number of aromatic nitrogens is 2. The molecule has 0 bridgehead atoms. The highest BCUT2D eigenvalue weighted by molar-refractivity contribution is 14.1. The fraction of sp³-hybridized carbons (Fsp3) is 0.286. The van der Waals surface area contributed by atoms with Crippen LogP contribution in [0.15, 0.2) is 41.8 Å². The van der Waals surface area contributed by atoms with Gasteiger partial charge in [0.25, 0.3) is 0 Å². The Morgan fingerprint density at radius 1 is 1.26 bits per heavy atom. The van der Waals surface area contributed by atoms with Crippen LogP contribution >= 0.6 is 34.4 Å². The van der Waals surface area contributed by atoms with Gasteiger partial charge >= 0.3 is 0 Å².